The van der Waals surface area contributed by atoms with Crippen molar-refractivity contribution in [3.63, 3.8) is 0 Å². The van der Waals surface area contributed by atoms with Crippen molar-refractivity contribution in [1.29, 1.82) is 0 Å². The number of methoxy groups -OCH3 is 1. The first-order valence-corrected chi connectivity index (χ1v) is 5.94. The van der Waals surface area contributed by atoms with Crippen LogP contribution in [0.2, 0.25) is 0 Å². The number of aromatic nitrogens is 2. The Morgan fingerprint density at radius 1 is 1.41 bits per heavy atom. The Morgan fingerprint density at radius 2 is 2.12 bits per heavy atom. The van der Waals surface area contributed by atoms with Crippen LogP contribution in [0.5, 0.6) is 0 Å². The molecule has 96 valence electrons. The van der Waals surface area contributed by atoms with Crippen molar-refractivity contribution in [1.82, 2.24) is 9.97 Å². The van der Waals surface area contributed by atoms with Crippen molar-refractivity contribution in [2.24, 2.45) is 5.92 Å². The highest BCUT2D eigenvalue weighted by Crippen LogP contribution is 2.17. The monoisotopic (exact) mass is 238 g/mol. The van der Waals surface area contributed by atoms with Crippen LogP contribution >= 0.6 is 0 Å². The van der Waals surface area contributed by atoms with E-state index in [9.17, 15) is 0 Å². The number of hydrogen-bond donors (Lipinski definition) is 2. The summed E-state index contributed by atoms with van der Waals surface area (Å²) in [7, 11) is 1.71. The van der Waals surface area contributed by atoms with E-state index >= 15 is 0 Å². The molecule has 1 heterocycles. The maximum absolute atomic E-state index is 5.85. The van der Waals surface area contributed by atoms with Crippen LogP contribution < -0.4 is 11.1 Å². The van der Waals surface area contributed by atoms with Crippen molar-refractivity contribution in [3.05, 3.63) is 11.4 Å². The first-order chi connectivity index (χ1) is 8.08. The molecule has 1 aromatic heterocycles. The summed E-state index contributed by atoms with van der Waals surface area (Å²) in [5.41, 5.74) is 6.76. The molecule has 3 N–H and O–H groups in total. The van der Waals surface area contributed by atoms with Crippen molar-refractivity contribution < 1.29 is 4.74 Å². The number of nitrogens with zero attached hydrogens (tertiary/aromatic N) is 2. The van der Waals surface area contributed by atoms with Crippen LogP contribution in [0.25, 0.3) is 0 Å². The Hall–Kier alpha value is -1.36. The van der Waals surface area contributed by atoms with Gasteiger partial charge in [-0.05, 0) is 12.8 Å². The SMILES string of the molecule is CCc1nc(N)c(C)c(NCC(C)COC)n1. The topological polar surface area (TPSA) is 73.1 Å². The van der Waals surface area contributed by atoms with Crippen molar-refractivity contribution in [2.45, 2.75) is 27.2 Å². The van der Waals surface area contributed by atoms with Crippen LogP contribution in [0, 0.1) is 12.8 Å². The van der Waals surface area contributed by atoms with Gasteiger partial charge in [-0.3, -0.25) is 0 Å². The molecule has 0 saturated heterocycles. The van der Waals surface area contributed by atoms with E-state index in [0.717, 1.165) is 36.8 Å². The third-order valence-electron chi connectivity index (χ3n) is 2.62. The number of nitrogens with one attached hydrogen (secondary N) is 1. The van der Waals surface area contributed by atoms with E-state index in [1.807, 2.05) is 13.8 Å². The molecule has 0 aromatic carbocycles. The summed E-state index contributed by atoms with van der Waals surface area (Å²) in [6, 6.07) is 0. The fraction of sp³-hybridized carbons (Fsp3) is 0.667. The molecule has 0 radical (unpaired) electrons. The molecule has 0 spiro atoms. The van der Waals surface area contributed by atoms with Crippen molar-refractivity contribution in [3.8, 4) is 0 Å². The van der Waals surface area contributed by atoms with Gasteiger partial charge in [-0.2, -0.15) is 0 Å². The van der Waals surface area contributed by atoms with E-state index in [1.165, 1.54) is 0 Å². The number of nitrogen functional groups attached to an aromatic ring is 1. The van der Waals surface area contributed by atoms with E-state index in [2.05, 4.69) is 22.2 Å². The van der Waals surface area contributed by atoms with Gasteiger partial charge < -0.3 is 15.8 Å². The molecule has 1 rings (SSSR count). The molecule has 1 aromatic rings. The normalized spacial score (nSPS) is 12.5. The van der Waals surface area contributed by atoms with Gasteiger partial charge in [0.25, 0.3) is 0 Å². The van der Waals surface area contributed by atoms with Crippen LogP contribution in [0.15, 0.2) is 0 Å². The molecule has 0 aliphatic rings. The van der Waals surface area contributed by atoms with E-state index in [0.29, 0.717) is 11.7 Å². The van der Waals surface area contributed by atoms with Crippen molar-refractivity contribution >= 4 is 11.6 Å². The number of nitrogens with two attached hydrogens (primary N) is 1. The molecule has 1 unspecified atom stereocenters. The van der Waals surface area contributed by atoms with Crippen LogP contribution in [-0.2, 0) is 11.2 Å². The Labute approximate surface area is 103 Å². The minimum absolute atomic E-state index is 0.431. The largest absolute Gasteiger partial charge is 0.384 e. The second-order valence-corrected chi connectivity index (χ2v) is 4.29. The van der Waals surface area contributed by atoms with E-state index in [1.54, 1.807) is 7.11 Å². The highest BCUT2D eigenvalue weighted by atomic mass is 16.5. The van der Waals surface area contributed by atoms with Gasteiger partial charge >= 0.3 is 0 Å². The minimum atomic E-state index is 0.431. The highest BCUT2D eigenvalue weighted by molar-refractivity contribution is 5.54. The first kappa shape index (κ1) is 13.7. The standard InChI is InChI=1S/C12H22N4O/c1-5-10-15-11(13)9(3)12(16-10)14-6-8(2)7-17-4/h8H,5-7H2,1-4H3,(H3,13,14,15,16). The predicted octanol–water partition coefficient (Wildman–Crippen LogP) is 1.62. The summed E-state index contributed by atoms with van der Waals surface area (Å²) >= 11 is 0. The second kappa shape index (κ2) is 6.39. The Kier molecular flexibility index (Phi) is 5.15. The molecule has 17 heavy (non-hydrogen) atoms. The smallest absolute Gasteiger partial charge is 0.134 e. The third-order valence-corrected chi connectivity index (χ3v) is 2.62. The van der Waals surface area contributed by atoms with Gasteiger partial charge in [0.2, 0.25) is 0 Å². The average molecular weight is 238 g/mol. The third kappa shape index (κ3) is 3.85. The summed E-state index contributed by atoms with van der Waals surface area (Å²) < 4.78 is 5.09. The molecule has 0 bridgehead atoms. The minimum Gasteiger partial charge on any atom is -0.384 e. The maximum atomic E-state index is 5.85. The summed E-state index contributed by atoms with van der Waals surface area (Å²) in [5.74, 6) is 2.59. The van der Waals surface area contributed by atoms with E-state index < -0.39 is 0 Å². The van der Waals surface area contributed by atoms with Gasteiger partial charge in [-0.25, -0.2) is 9.97 Å². The fourth-order valence-corrected chi connectivity index (χ4v) is 1.53. The number of anilines is 2. The Balaban J connectivity index is 2.72. The molecule has 1 atom stereocenters. The van der Waals surface area contributed by atoms with Gasteiger partial charge in [-0.15, -0.1) is 0 Å². The van der Waals surface area contributed by atoms with E-state index in [4.69, 9.17) is 10.5 Å². The molecule has 0 aliphatic carbocycles. The number of aryl methyl sites for hydroxylation is 1. The first-order valence-electron chi connectivity index (χ1n) is 5.94. The number of ether oxygens (including phenoxy) is 1. The molecule has 0 amide bonds. The summed E-state index contributed by atoms with van der Waals surface area (Å²) in [6.45, 7) is 7.61. The Morgan fingerprint density at radius 3 is 2.71 bits per heavy atom. The molecule has 5 heteroatoms. The van der Waals surface area contributed by atoms with Crippen LogP contribution in [-0.4, -0.2) is 30.2 Å². The molecular formula is C12H22N4O. The second-order valence-electron chi connectivity index (χ2n) is 4.29. The van der Waals surface area contributed by atoms with E-state index in [-0.39, 0.29) is 0 Å². The zero-order valence-corrected chi connectivity index (χ0v) is 11.1. The van der Waals surface area contributed by atoms with Crippen LogP contribution in [0.1, 0.15) is 25.2 Å². The highest BCUT2D eigenvalue weighted by Gasteiger charge is 2.09. The lowest BCUT2D eigenvalue weighted by molar-refractivity contribution is 0.164. The zero-order chi connectivity index (χ0) is 12.8. The lowest BCUT2D eigenvalue weighted by atomic mass is 10.2. The summed E-state index contributed by atoms with van der Waals surface area (Å²) in [4.78, 5) is 8.66. The van der Waals surface area contributed by atoms with Crippen molar-refractivity contribution in [2.75, 3.05) is 31.3 Å². The van der Waals surface area contributed by atoms with Gasteiger partial charge in [-0.1, -0.05) is 13.8 Å². The molecule has 0 fully saturated rings. The maximum Gasteiger partial charge on any atom is 0.134 e. The summed E-state index contributed by atoms with van der Waals surface area (Å²) in [6.07, 6.45) is 0.785. The fourth-order valence-electron chi connectivity index (χ4n) is 1.53. The van der Waals surface area contributed by atoms with Gasteiger partial charge in [0.05, 0.1) is 6.61 Å². The molecule has 5 nitrogen and oxygen atoms in total. The average Bonchev–Trinajstić information content (AvgIpc) is 2.31. The number of hydrogen-bond acceptors (Lipinski definition) is 5. The summed E-state index contributed by atoms with van der Waals surface area (Å²) in [5, 5.41) is 3.30. The quantitative estimate of drug-likeness (QED) is 0.788. The van der Waals surface area contributed by atoms with Crippen LogP contribution in [0.3, 0.4) is 0 Å². The number of rotatable bonds is 6. The lowest BCUT2D eigenvalue weighted by Gasteiger charge is -2.15. The molecule has 0 saturated carbocycles. The van der Waals surface area contributed by atoms with Gasteiger partial charge in [0, 0.05) is 25.6 Å². The predicted molar refractivity (Wildman–Crippen MR) is 70.1 cm³/mol. The lowest BCUT2D eigenvalue weighted by Crippen LogP contribution is -2.18. The Bertz CT molecular complexity index is 368. The molecular weight excluding hydrogens is 216 g/mol. The zero-order valence-electron chi connectivity index (χ0n) is 11.1. The molecule has 0 aliphatic heterocycles. The van der Waals surface area contributed by atoms with Gasteiger partial charge in [0.15, 0.2) is 0 Å². The van der Waals surface area contributed by atoms with Gasteiger partial charge in [0.1, 0.15) is 17.5 Å². The van der Waals surface area contributed by atoms with Crippen LogP contribution in [0.4, 0.5) is 11.6 Å².